The summed E-state index contributed by atoms with van der Waals surface area (Å²) in [5.41, 5.74) is 11.2. The van der Waals surface area contributed by atoms with Crippen LogP contribution in [0.15, 0.2) is 140 Å². The summed E-state index contributed by atoms with van der Waals surface area (Å²) >= 11 is 0. The lowest BCUT2D eigenvalue weighted by atomic mass is 9.92. The predicted octanol–water partition coefficient (Wildman–Crippen LogP) is 9.82. The summed E-state index contributed by atoms with van der Waals surface area (Å²) in [5.74, 6) is 0. The molecular formula is C35H26. The fourth-order valence-electron chi connectivity index (χ4n) is 4.95. The van der Waals surface area contributed by atoms with Gasteiger partial charge >= 0.3 is 0 Å². The van der Waals surface area contributed by atoms with Crippen molar-refractivity contribution < 1.29 is 0 Å². The minimum absolute atomic E-state index is 1.24. The van der Waals surface area contributed by atoms with Crippen LogP contribution in [0, 0.1) is 6.92 Å². The smallest absolute Gasteiger partial charge is 0.0105 e. The van der Waals surface area contributed by atoms with E-state index in [1.54, 1.807) is 0 Å². The van der Waals surface area contributed by atoms with E-state index >= 15 is 0 Å². The molecule has 0 saturated carbocycles. The Bertz CT molecular complexity index is 1620. The lowest BCUT2D eigenvalue weighted by Crippen LogP contribution is -1.87. The lowest BCUT2D eigenvalue weighted by Gasteiger charge is -2.12. The molecule has 0 aliphatic carbocycles. The van der Waals surface area contributed by atoms with Crippen molar-refractivity contribution in [2.45, 2.75) is 6.92 Å². The number of benzene rings is 6. The van der Waals surface area contributed by atoms with Crippen LogP contribution in [0.4, 0.5) is 0 Å². The first-order valence-corrected chi connectivity index (χ1v) is 12.1. The Hall–Kier alpha value is -4.42. The second-order valence-electron chi connectivity index (χ2n) is 9.14. The zero-order valence-corrected chi connectivity index (χ0v) is 19.8. The van der Waals surface area contributed by atoms with Crippen molar-refractivity contribution in [3.63, 3.8) is 0 Å². The van der Waals surface area contributed by atoms with Gasteiger partial charge in [0.25, 0.3) is 0 Å². The molecule has 0 radical (unpaired) electrons. The highest BCUT2D eigenvalue weighted by Gasteiger charge is 2.08. The van der Waals surface area contributed by atoms with Crippen LogP contribution in [0.25, 0.3) is 55.3 Å². The molecule has 0 fully saturated rings. The Morgan fingerprint density at radius 2 is 0.857 bits per heavy atom. The largest absolute Gasteiger partial charge is 0.0622 e. The van der Waals surface area contributed by atoms with Gasteiger partial charge in [-0.15, -0.1) is 0 Å². The van der Waals surface area contributed by atoms with E-state index in [4.69, 9.17) is 0 Å². The lowest BCUT2D eigenvalue weighted by molar-refractivity contribution is 1.46. The maximum atomic E-state index is 2.32. The fraction of sp³-hybridized carbons (Fsp3) is 0.0286. The highest BCUT2D eigenvalue weighted by molar-refractivity contribution is 5.97. The van der Waals surface area contributed by atoms with Crippen LogP contribution in [-0.2, 0) is 0 Å². The zero-order chi connectivity index (χ0) is 23.6. The van der Waals surface area contributed by atoms with E-state index in [0.717, 1.165) is 0 Å². The molecule has 0 aliphatic heterocycles. The van der Waals surface area contributed by atoms with E-state index in [2.05, 4.69) is 146 Å². The average Bonchev–Trinajstić information content (AvgIpc) is 2.93. The van der Waals surface area contributed by atoms with Gasteiger partial charge in [0.2, 0.25) is 0 Å². The maximum absolute atomic E-state index is 2.32. The topological polar surface area (TPSA) is 0 Å². The number of aryl methyl sites for hydroxylation is 1. The van der Waals surface area contributed by atoms with Gasteiger partial charge in [0.15, 0.2) is 0 Å². The fourth-order valence-corrected chi connectivity index (χ4v) is 4.95. The Balaban J connectivity index is 1.38. The monoisotopic (exact) mass is 446 g/mol. The van der Waals surface area contributed by atoms with Gasteiger partial charge in [0.1, 0.15) is 0 Å². The van der Waals surface area contributed by atoms with Crippen molar-refractivity contribution in [3.8, 4) is 44.5 Å². The summed E-state index contributed by atoms with van der Waals surface area (Å²) in [4.78, 5) is 0. The summed E-state index contributed by atoms with van der Waals surface area (Å²) in [5, 5.41) is 2.56. The number of hydrogen-bond donors (Lipinski definition) is 0. The summed E-state index contributed by atoms with van der Waals surface area (Å²) < 4.78 is 0. The van der Waals surface area contributed by atoms with Crippen LogP contribution in [0.5, 0.6) is 0 Å². The van der Waals surface area contributed by atoms with Crippen LogP contribution in [0.2, 0.25) is 0 Å². The summed E-state index contributed by atoms with van der Waals surface area (Å²) in [7, 11) is 0. The molecule has 0 spiro atoms. The zero-order valence-electron chi connectivity index (χ0n) is 19.8. The van der Waals surface area contributed by atoms with Crippen LogP contribution in [0.1, 0.15) is 5.56 Å². The average molecular weight is 447 g/mol. The molecule has 0 atom stereocenters. The van der Waals surface area contributed by atoms with E-state index < -0.39 is 0 Å². The SMILES string of the molecule is Cc1cc(-c2ccc(-c3ccccc3)cc2)cc(-c2cccc(-c3cccc4ccccc34)c2)c1. The van der Waals surface area contributed by atoms with Crippen molar-refractivity contribution in [1.82, 2.24) is 0 Å². The highest BCUT2D eigenvalue weighted by atomic mass is 14.1. The second kappa shape index (κ2) is 9.08. The highest BCUT2D eigenvalue weighted by Crippen LogP contribution is 2.34. The third kappa shape index (κ3) is 4.27. The summed E-state index contributed by atoms with van der Waals surface area (Å²) in [6.07, 6.45) is 0. The van der Waals surface area contributed by atoms with E-state index in [1.807, 2.05) is 0 Å². The van der Waals surface area contributed by atoms with Gasteiger partial charge in [-0.05, 0) is 79.9 Å². The first kappa shape index (κ1) is 21.1. The van der Waals surface area contributed by atoms with Crippen molar-refractivity contribution in [1.29, 1.82) is 0 Å². The standard InChI is InChI=1S/C35H26/c1-25-21-32(28-19-17-27(18-20-28)26-9-3-2-4-10-26)24-33(22-25)30-13-7-14-31(23-30)35-16-8-12-29-11-5-6-15-34(29)35/h2-24H,1H3. The number of hydrogen-bond acceptors (Lipinski definition) is 0. The van der Waals surface area contributed by atoms with Gasteiger partial charge < -0.3 is 0 Å². The summed E-state index contributed by atoms with van der Waals surface area (Å²) in [6, 6.07) is 50.4. The quantitative estimate of drug-likeness (QED) is 0.253. The molecule has 0 unspecified atom stereocenters. The summed E-state index contributed by atoms with van der Waals surface area (Å²) in [6.45, 7) is 2.18. The third-order valence-corrected chi connectivity index (χ3v) is 6.70. The van der Waals surface area contributed by atoms with Gasteiger partial charge in [-0.1, -0.05) is 127 Å². The van der Waals surface area contributed by atoms with Gasteiger partial charge in [0.05, 0.1) is 0 Å². The Kier molecular flexibility index (Phi) is 5.48. The molecule has 0 aromatic heterocycles. The number of fused-ring (bicyclic) bond motifs is 1. The van der Waals surface area contributed by atoms with Gasteiger partial charge in [-0.25, -0.2) is 0 Å². The van der Waals surface area contributed by atoms with Crippen LogP contribution >= 0.6 is 0 Å². The molecule has 6 aromatic rings. The molecular weight excluding hydrogens is 420 g/mol. The van der Waals surface area contributed by atoms with Crippen LogP contribution in [0.3, 0.4) is 0 Å². The molecule has 0 nitrogen and oxygen atoms in total. The predicted molar refractivity (Wildman–Crippen MR) is 150 cm³/mol. The molecule has 0 saturated heterocycles. The van der Waals surface area contributed by atoms with Gasteiger partial charge in [-0.2, -0.15) is 0 Å². The molecule has 0 heteroatoms. The first-order valence-electron chi connectivity index (χ1n) is 12.1. The van der Waals surface area contributed by atoms with E-state index in [0.29, 0.717) is 0 Å². The van der Waals surface area contributed by atoms with E-state index in [9.17, 15) is 0 Å². The molecule has 166 valence electrons. The maximum Gasteiger partial charge on any atom is -0.0105 e. The number of rotatable bonds is 4. The van der Waals surface area contributed by atoms with E-state index in [-0.39, 0.29) is 0 Å². The van der Waals surface area contributed by atoms with Crippen LogP contribution in [-0.4, -0.2) is 0 Å². The molecule has 0 heterocycles. The second-order valence-corrected chi connectivity index (χ2v) is 9.14. The van der Waals surface area contributed by atoms with E-state index in [1.165, 1.54) is 60.8 Å². The molecule has 0 bridgehead atoms. The molecule has 6 aromatic carbocycles. The minimum atomic E-state index is 1.24. The molecule has 0 N–H and O–H groups in total. The van der Waals surface area contributed by atoms with Crippen molar-refractivity contribution in [2.75, 3.05) is 0 Å². The first-order chi connectivity index (χ1) is 17.2. The van der Waals surface area contributed by atoms with Crippen molar-refractivity contribution >= 4 is 10.8 Å². The van der Waals surface area contributed by atoms with Gasteiger partial charge in [0, 0.05) is 0 Å². The molecule has 0 amide bonds. The van der Waals surface area contributed by atoms with Crippen LogP contribution < -0.4 is 0 Å². The normalized spacial score (nSPS) is 11.0. The molecule has 35 heavy (non-hydrogen) atoms. The van der Waals surface area contributed by atoms with Gasteiger partial charge in [-0.3, -0.25) is 0 Å². The minimum Gasteiger partial charge on any atom is -0.0622 e. The Labute approximate surface area is 207 Å². The molecule has 0 aliphatic rings. The van der Waals surface area contributed by atoms with Crippen molar-refractivity contribution in [3.05, 3.63) is 145 Å². The Morgan fingerprint density at radius 3 is 1.66 bits per heavy atom. The third-order valence-electron chi connectivity index (χ3n) is 6.70. The Morgan fingerprint density at radius 1 is 0.343 bits per heavy atom. The molecule has 6 rings (SSSR count). The van der Waals surface area contributed by atoms with Crippen molar-refractivity contribution in [2.24, 2.45) is 0 Å².